The van der Waals surface area contributed by atoms with Crippen LogP contribution < -0.4 is 0 Å². The van der Waals surface area contributed by atoms with Gasteiger partial charge in [-0.1, -0.05) is 0 Å². The van der Waals surface area contributed by atoms with Crippen LogP contribution in [-0.2, 0) is 23.7 Å². The highest BCUT2D eigenvalue weighted by Gasteiger charge is 2.58. The molecule has 0 spiro atoms. The number of ether oxygens (including phenoxy) is 4. The van der Waals surface area contributed by atoms with Crippen molar-refractivity contribution in [3.05, 3.63) is 0 Å². The first-order valence-corrected chi connectivity index (χ1v) is 4.58. The molecule has 15 heavy (non-hydrogen) atoms. The van der Waals surface area contributed by atoms with Gasteiger partial charge in [-0.2, -0.15) is 0 Å². The van der Waals surface area contributed by atoms with Gasteiger partial charge in [0.05, 0.1) is 0 Å². The van der Waals surface area contributed by atoms with E-state index in [4.69, 9.17) is 14.2 Å². The smallest absolute Gasteiger partial charge is 0.454 e. The van der Waals surface area contributed by atoms with Gasteiger partial charge in [0.1, 0.15) is 11.7 Å². The molecule has 0 bridgehead atoms. The van der Waals surface area contributed by atoms with E-state index in [1.807, 2.05) is 0 Å². The molecule has 0 aromatic heterocycles. The van der Waals surface area contributed by atoms with Crippen molar-refractivity contribution in [1.29, 1.82) is 0 Å². The summed E-state index contributed by atoms with van der Waals surface area (Å²) in [6.07, 6.45) is -3.11. The van der Waals surface area contributed by atoms with Crippen LogP contribution in [0.25, 0.3) is 0 Å². The predicted octanol–water partition coefficient (Wildman–Crippen LogP) is 0.241. The van der Waals surface area contributed by atoms with Crippen LogP contribution in [-0.4, -0.2) is 43.1 Å². The Kier molecular flexibility index (Phi) is 2.11. The molecule has 0 aromatic rings. The van der Waals surface area contributed by atoms with E-state index >= 15 is 0 Å². The summed E-state index contributed by atoms with van der Waals surface area (Å²) >= 11 is 0. The quantitative estimate of drug-likeness (QED) is 0.585. The van der Waals surface area contributed by atoms with E-state index in [9.17, 15) is 9.59 Å². The SMILES string of the molecule is CO[C@H]1[C@@H]2OC(=O)O[C@@H]2C(=O)OC1(C)C. The van der Waals surface area contributed by atoms with Crippen molar-refractivity contribution in [3.63, 3.8) is 0 Å². The van der Waals surface area contributed by atoms with Crippen LogP contribution in [0.3, 0.4) is 0 Å². The highest BCUT2D eigenvalue weighted by atomic mass is 16.8. The first-order valence-electron chi connectivity index (χ1n) is 4.58. The zero-order valence-corrected chi connectivity index (χ0v) is 8.68. The van der Waals surface area contributed by atoms with E-state index in [2.05, 4.69) is 4.74 Å². The maximum Gasteiger partial charge on any atom is 0.509 e. The van der Waals surface area contributed by atoms with E-state index in [0.717, 1.165) is 0 Å². The third-order valence-electron chi connectivity index (χ3n) is 2.59. The second kappa shape index (κ2) is 3.10. The fourth-order valence-corrected chi connectivity index (χ4v) is 1.96. The number of hydrogen-bond acceptors (Lipinski definition) is 6. The van der Waals surface area contributed by atoms with Crippen molar-refractivity contribution < 1.29 is 28.5 Å². The van der Waals surface area contributed by atoms with Crippen LogP contribution in [0.4, 0.5) is 4.79 Å². The number of cyclic esters (lactones) is 1. The molecule has 0 N–H and O–H groups in total. The van der Waals surface area contributed by atoms with Gasteiger partial charge in [-0.05, 0) is 13.8 Å². The number of methoxy groups -OCH3 is 1. The van der Waals surface area contributed by atoms with E-state index in [1.54, 1.807) is 13.8 Å². The van der Waals surface area contributed by atoms with E-state index in [1.165, 1.54) is 7.11 Å². The highest BCUT2D eigenvalue weighted by Crippen LogP contribution is 2.34. The summed E-state index contributed by atoms with van der Waals surface area (Å²) in [5.41, 5.74) is -0.832. The second-order valence-electron chi connectivity index (χ2n) is 4.05. The minimum absolute atomic E-state index is 0.522. The van der Waals surface area contributed by atoms with Crippen molar-refractivity contribution in [2.45, 2.75) is 37.8 Å². The van der Waals surface area contributed by atoms with Crippen LogP contribution >= 0.6 is 0 Å². The molecule has 0 aromatic carbocycles. The molecule has 2 rings (SSSR count). The summed E-state index contributed by atoms with van der Waals surface area (Å²) in [6.45, 7) is 3.39. The van der Waals surface area contributed by atoms with Gasteiger partial charge in [-0.15, -0.1) is 0 Å². The minimum atomic E-state index is -1.00. The lowest BCUT2D eigenvalue weighted by Gasteiger charge is -2.40. The minimum Gasteiger partial charge on any atom is -0.454 e. The molecule has 0 unspecified atom stereocenters. The van der Waals surface area contributed by atoms with Crippen LogP contribution in [0.1, 0.15) is 13.8 Å². The molecule has 0 saturated carbocycles. The van der Waals surface area contributed by atoms with E-state index in [0.29, 0.717) is 0 Å². The fraction of sp³-hybridized carbons (Fsp3) is 0.778. The lowest BCUT2D eigenvalue weighted by atomic mass is 9.90. The summed E-state index contributed by atoms with van der Waals surface area (Å²) in [6, 6.07) is 0. The monoisotopic (exact) mass is 216 g/mol. The van der Waals surface area contributed by atoms with E-state index in [-0.39, 0.29) is 0 Å². The van der Waals surface area contributed by atoms with Crippen molar-refractivity contribution >= 4 is 12.1 Å². The van der Waals surface area contributed by atoms with Crippen molar-refractivity contribution in [2.24, 2.45) is 0 Å². The van der Waals surface area contributed by atoms with Crippen molar-refractivity contribution in [1.82, 2.24) is 0 Å². The first-order chi connectivity index (χ1) is 6.95. The summed E-state index contributed by atoms with van der Waals surface area (Å²) < 4.78 is 19.9. The molecule has 3 atom stereocenters. The molecule has 2 heterocycles. The lowest BCUT2D eigenvalue weighted by molar-refractivity contribution is -0.209. The molecule has 2 aliphatic heterocycles. The zero-order valence-electron chi connectivity index (χ0n) is 8.68. The number of hydrogen-bond donors (Lipinski definition) is 0. The Morgan fingerprint density at radius 2 is 1.93 bits per heavy atom. The number of rotatable bonds is 1. The first kappa shape index (κ1) is 10.2. The van der Waals surface area contributed by atoms with Crippen LogP contribution in [0.5, 0.6) is 0 Å². The van der Waals surface area contributed by atoms with Gasteiger partial charge < -0.3 is 18.9 Å². The van der Waals surface area contributed by atoms with Gasteiger partial charge in [0.2, 0.25) is 6.10 Å². The Hall–Kier alpha value is -1.30. The fourth-order valence-electron chi connectivity index (χ4n) is 1.96. The predicted molar refractivity (Wildman–Crippen MR) is 46.1 cm³/mol. The van der Waals surface area contributed by atoms with Crippen molar-refractivity contribution in [3.8, 4) is 0 Å². The van der Waals surface area contributed by atoms with Gasteiger partial charge >= 0.3 is 12.1 Å². The molecule has 6 heteroatoms. The summed E-state index contributed by atoms with van der Waals surface area (Å²) in [5, 5.41) is 0. The van der Waals surface area contributed by atoms with Crippen LogP contribution in [0.2, 0.25) is 0 Å². The molecule has 84 valence electrons. The van der Waals surface area contributed by atoms with Gasteiger partial charge in [0.25, 0.3) is 0 Å². The topological polar surface area (TPSA) is 71.1 Å². The number of carbonyl (C=O) groups excluding carboxylic acids is 2. The zero-order chi connectivity index (χ0) is 11.2. The highest BCUT2D eigenvalue weighted by molar-refractivity contribution is 5.82. The Labute approximate surface area is 86.4 Å². The third kappa shape index (κ3) is 1.45. The van der Waals surface area contributed by atoms with E-state index < -0.39 is 36.0 Å². The standard InChI is InChI=1S/C9H12O6/c1-9(2)6(12-3)4-5(7(10)15-9)14-8(11)13-4/h4-6H,1-3H3/t4-,5+,6+/m1/s1. The second-order valence-corrected chi connectivity index (χ2v) is 4.05. The number of esters is 1. The summed E-state index contributed by atoms with van der Waals surface area (Å²) in [5.74, 6) is -0.593. The maximum absolute atomic E-state index is 11.5. The normalized spacial score (nSPS) is 37.7. The largest absolute Gasteiger partial charge is 0.509 e. The Morgan fingerprint density at radius 1 is 1.27 bits per heavy atom. The Balaban J connectivity index is 2.30. The van der Waals surface area contributed by atoms with Crippen LogP contribution in [0, 0.1) is 0 Å². The Bertz CT molecular complexity index is 310. The molecule has 0 aliphatic carbocycles. The molecule has 0 amide bonds. The Morgan fingerprint density at radius 3 is 2.53 bits per heavy atom. The average molecular weight is 216 g/mol. The van der Waals surface area contributed by atoms with Gasteiger partial charge in [0, 0.05) is 7.11 Å². The van der Waals surface area contributed by atoms with Crippen LogP contribution in [0.15, 0.2) is 0 Å². The molecular formula is C9H12O6. The average Bonchev–Trinajstić information content (AvgIpc) is 2.46. The number of fused-ring (bicyclic) bond motifs is 1. The summed E-state index contributed by atoms with van der Waals surface area (Å²) in [4.78, 5) is 22.4. The molecule has 0 radical (unpaired) electrons. The molecule has 2 fully saturated rings. The molecule has 6 nitrogen and oxygen atoms in total. The van der Waals surface area contributed by atoms with Crippen molar-refractivity contribution in [2.75, 3.05) is 7.11 Å². The van der Waals surface area contributed by atoms with Gasteiger partial charge in [-0.3, -0.25) is 0 Å². The van der Waals surface area contributed by atoms with Gasteiger partial charge in [0.15, 0.2) is 6.10 Å². The third-order valence-corrected chi connectivity index (χ3v) is 2.59. The molecule has 2 saturated heterocycles. The maximum atomic E-state index is 11.5. The summed E-state index contributed by atoms with van der Waals surface area (Å²) in [7, 11) is 1.47. The molecule has 2 aliphatic rings. The lowest BCUT2D eigenvalue weighted by Crippen LogP contribution is -2.59. The van der Waals surface area contributed by atoms with Gasteiger partial charge in [-0.25, -0.2) is 9.59 Å². The number of carbonyl (C=O) groups is 2. The molecular weight excluding hydrogens is 204 g/mol.